The Bertz CT molecular complexity index is 1650. The van der Waals surface area contributed by atoms with E-state index in [1.807, 2.05) is 31.2 Å². The van der Waals surface area contributed by atoms with Gasteiger partial charge >= 0.3 is 0 Å². The highest BCUT2D eigenvalue weighted by Gasteiger charge is 2.41. The van der Waals surface area contributed by atoms with E-state index < -0.39 is 5.41 Å². The van der Waals surface area contributed by atoms with Crippen molar-refractivity contribution in [2.75, 3.05) is 41.0 Å². The Hall–Kier alpha value is -5.06. The van der Waals surface area contributed by atoms with Gasteiger partial charge in [0.05, 0.1) is 22.5 Å². The van der Waals surface area contributed by atoms with Gasteiger partial charge in [0.2, 0.25) is 0 Å². The number of phenols is 2. The maximum absolute atomic E-state index is 13.1. The lowest BCUT2D eigenvalue weighted by Gasteiger charge is -2.34. The number of benzene rings is 4. The molecule has 10 heteroatoms. The van der Waals surface area contributed by atoms with Crippen molar-refractivity contribution in [2.24, 2.45) is 0 Å². The Labute approximate surface area is 260 Å². The molecule has 10 nitrogen and oxygen atoms in total. The zero-order chi connectivity index (χ0) is 32.0. The van der Waals surface area contributed by atoms with Gasteiger partial charge in [0.25, 0.3) is 0 Å². The summed E-state index contributed by atoms with van der Waals surface area (Å²) >= 11 is 0. The predicted octanol–water partition coefficient (Wildman–Crippen LogP) is 5.64. The third-order valence-corrected chi connectivity index (χ3v) is 7.64. The number of hydrogen-bond acceptors (Lipinski definition) is 10. The molecule has 2 aliphatic heterocycles. The molecule has 0 aliphatic carbocycles. The van der Waals surface area contributed by atoms with E-state index in [-0.39, 0.29) is 55.8 Å². The van der Waals surface area contributed by atoms with Crippen molar-refractivity contribution in [2.45, 2.75) is 18.3 Å². The van der Waals surface area contributed by atoms with Crippen LogP contribution in [0.3, 0.4) is 0 Å². The van der Waals surface area contributed by atoms with E-state index >= 15 is 0 Å². The van der Waals surface area contributed by atoms with Gasteiger partial charge in [0.1, 0.15) is 47.7 Å². The van der Waals surface area contributed by atoms with Crippen molar-refractivity contribution < 1.29 is 48.2 Å². The first kappa shape index (κ1) is 31.4. The molecule has 4 aromatic rings. The summed E-state index contributed by atoms with van der Waals surface area (Å²) in [4.78, 5) is 25.5. The smallest absolute Gasteiger partial charge is 0.188 e. The Morgan fingerprint density at radius 2 is 1.33 bits per heavy atom. The molecule has 0 amide bonds. The normalized spacial score (nSPS) is 18.3. The van der Waals surface area contributed by atoms with Gasteiger partial charge in [-0.3, -0.25) is 9.59 Å². The van der Waals surface area contributed by atoms with Crippen LogP contribution in [0.5, 0.6) is 34.5 Å². The van der Waals surface area contributed by atoms with Gasteiger partial charge in [-0.25, -0.2) is 0 Å². The van der Waals surface area contributed by atoms with Gasteiger partial charge in [0.15, 0.2) is 25.2 Å². The Kier molecular flexibility index (Phi) is 9.56. The van der Waals surface area contributed by atoms with Crippen molar-refractivity contribution >= 4 is 11.6 Å². The van der Waals surface area contributed by atoms with Crippen LogP contribution in [0.25, 0.3) is 0 Å². The topological polar surface area (TPSA) is 130 Å². The van der Waals surface area contributed by atoms with Crippen molar-refractivity contribution in [3.8, 4) is 34.5 Å². The number of ketones is 2. The van der Waals surface area contributed by atoms with Gasteiger partial charge in [-0.15, -0.1) is 0 Å². The molecule has 2 atom stereocenters. The third kappa shape index (κ3) is 6.87. The van der Waals surface area contributed by atoms with Crippen LogP contribution in [0.4, 0.5) is 0 Å². The first-order valence-corrected chi connectivity index (χ1v) is 14.2. The summed E-state index contributed by atoms with van der Waals surface area (Å²) in [5.74, 6) is 2.08. The third-order valence-electron chi connectivity index (χ3n) is 7.64. The fourth-order valence-electron chi connectivity index (χ4n) is 5.10. The van der Waals surface area contributed by atoms with Gasteiger partial charge in [-0.05, 0) is 66.6 Å². The van der Waals surface area contributed by atoms with Crippen molar-refractivity contribution in [1.29, 1.82) is 0 Å². The Balaban J connectivity index is 0.000000186. The molecule has 0 aromatic heterocycles. The van der Waals surface area contributed by atoms with Gasteiger partial charge in [-0.1, -0.05) is 24.3 Å². The molecule has 0 saturated carbocycles. The Morgan fingerprint density at radius 1 is 0.733 bits per heavy atom. The summed E-state index contributed by atoms with van der Waals surface area (Å²) in [6.07, 6.45) is 0. The second-order valence-electron chi connectivity index (χ2n) is 10.7. The maximum Gasteiger partial charge on any atom is 0.188 e. The van der Waals surface area contributed by atoms with E-state index in [0.717, 1.165) is 11.1 Å². The molecule has 45 heavy (non-hydrogen) atoms. The number of ether oxygens (including phenoxy) is 6. The molecule has 2 heterocycles. The van der Waals surface area contributed by atoms with Crippen LogP contribution < -0.4 is 18.9 Å². The number of carbonyl (C=O) groups is 2. The van der Waals surface area contributed by atoms with E-state index in [1.54, 1.807) is 62.8 Å². The predicted molar refractivity (Wildman–Crippen MR) is 164 cm³/mol. The lowest BCUT2D eigenvalue weighted by atomic mass is 9.75. The molecule has 0 saturated heterocycles. The summed E-state index contributed by atoms with van der Waals surface area (Å²) in [7, 11) is 3.12. The molecule has 0 spiro atoms. The molecule has 2 unspecified atom stereocenters. The van der Waals surface area contributed by atoms with Crippen LogP contribution in [0.2, 0.25) is 0 Å². The summed E-state index contributed by atoms with van der Waals surface area (Å²) < 4.78 is 32.0. The maximum atomic E-state index is 13.1. The summed E-state index contributed by atoms with van der Waals surface area (Å²) in [6.45, 7) is 2.70. The second kappa shape index (κ2) is 13.7. The zero-order valence-corrected chi connectivity index (χ0v) is 25.1. The van der Waals surface area contributed by atoms with E-state index in [0.29, 0.717) is 34.1 Å². The van der Waals surface area contributed by atoms with E-state index in [2.05, 4.69) is 0 Å². The molecule has 6 rings (SSSR count). The number of fused-ring (bicyclic) bond motifs is 2. The number of Topliss-reactive ketones (excluding diaryl/α,β-unsaturated/α-hetero) is 2. The average Bonchev–Trinajstić information content (AvgIpc) is 3.06. The van der Waals surface area contributed by atoms with Gasteiger partial charge < -0.3 is 38.6 Å². The molecule has 0 radical (unpaired) electrons. The molecule has 4 aromatic carbocycles. The molecule has 2 aliphatic rings. The highest BCUT2D eigenvalue weighted by atomic mass is 16.7. The highest BCUT2D eigenvalue weighted by molar-refractivity contribution is 6.07. The van der Waals surface area contributed by atoms with Crippen LogP contribution in [-0.4, -0.2) is 62.8 Å². The van der Waals surface area contributed by atoms with Crippen LogP contribution >= 0.6 is 0 Å². The minimum atomic E-state index is -0.762. The molecule has 0 bridgehead atoms. The van der Waals surface area contributed by atoms with Gasteiger partial charge in [0, 0.05) is 26.4 Å². The molecule has 2 N–H and O–H groups in total. The molecule has 0 fully saturated rings. The average molecular weight is 615 g/mol. The number of methoxy groups -OCH3 is 2. The minimum absolute atomic E-state index is 0.0163. The SMILES string of the molecule is COCOc1ccc(C2(C)COc3cc(OCOC)ccc3C2=O)cc1.O=C1c2ccc(O)cc2OCC1c1ccc(O)cc1. The number of rotatable bonds is 8. The lowest BCUT2D eigenvalue weighted by Crippen LogP contribution is -2.42. The summed E-state index contributed by atoms with van der Waals surface area (Å²) in [5.41, 5.74) is 1.94. The second-order valence-corrected chi connectivity index (χ2v) is 10.7. The summed E-state index contributed by atoms with van der Waals surface area (Å²) in [5, 5.41) is 18.6. The first-order chi connectivity index (χ1) is 21.7. The van der Waals surface area contributed by atoms with Crippen LogP contribution in [0.15, 0.2) is 84.9 Å². The van der Waals surface area contributed by atoms with Crippen molar-refractivity contribution in [1.82, 2.24) is 0 Å². The van der Waals surface area contributed by atoms with Crippen molar-refractivity contribution in [3.63, 3.8) is 0 Å². The fourth-order valence-corrected chi connectivity index (χ4v) is 5.10. The van der Waals surface area contributed by atoms with Crippen molar-refractivity contribution in [3.05, 3.63) is 107 Å². The largest absolute Gasteiger partial charge is 0.508 e. The molecule has 234 valence electrons. The van der Waals surface area contributed by atoms with E-state index in [9.17, 15) is 19.8 Å². The Morgan fingerprint density at radius 3 is 2.02 bits per heavy atom. The number of aromatic hydroxyl groups is 2. The monoisotopic (exact) mass is 614 g/mol. The minimum Gasteiger partial charge on any atom is -0.508 e. The molecular weight excluding hydrogens is 580 g/mol. The fraction of sp³-hybridized carbons (Fsp3) is 0.257. The van der Waals surface area contributed by atoms with E-state index in [1.165, 1.54) is 12.1 Å². The zero-order valence-electron chi connectivity index (χ0n) is 25.1. The van der Waals surface area contributed by atoms with Crippen LogP contribution in [0, 0.1) is 0 Å². The standard InChI is InChI=1S/C20H22O6.C15H12O4/c1-20(14-4-6-15(7-5-14)25-12-22-2)11-24-18-10-16(26-13-23-3)8-9-17(18)19(20)21;16-10-3-1-9(2-4-10)13-8-19-14-7-11(17)5-6-12(14)15(13)18/h4-10H,11-13H2,1-3H3;1-7,13,16-17H,8H2. The quantitative estimate of drug-likeness (QED) is 0.241. The number of phenolic OH excluding ortho intramolecular Hbond substituents is 2. The first-order valence-electron chi connectivity index (χ1n) is 14.2. The van der Waals surface area contributed by atoms with E-state index in [4.69, 9.17) is 28.4 Å². The number of hydrogen-bond donors (Lipinski definition) is 2. The molecular formula is C35H34O10. The lowest BCUT2D eigenvalue weighted by molar-refractivity contribution is 0.0505. The van der Waals surface area contributed by atoms with Crippen LogP contribution in [-0.2, 0) is 14.9 Å². The number of carbonyl (C=O) groups excluding carboxylic acids is 2. The van der Waals surface area contributed by atoms with Gasteiger partial charge in [-0.2, -0.15) is 0 Å². The summed E-state index contributed by atoms with van der Waals surface area (Å²) in [6, 6.07) is 23.6. The highest BCUT2D eigenvalue weighted by Crippen LogP contribution is 2.39. The van der Waals surface area contributed by atoms with Crippen LogP contribution in [0.1, 0.15) is 44.7 Å².